The van der Waals surface area contributed by atoms with Crippen molar-refractivity contribution in [1.29, 1.82) is 0 Å². The predicted octanol–water partition coefficient (Wildman–Crippen LogP) is 1.50. The Labute approximate surface area is 106 Å². The summed E-state index contributed by atoms with van der Waals surface area (Å²) in [5, 5.41) is 11.6. The highest BCUT2D eigenvalue weighted by atomic mass is 16.4. The summed E-state index contributed by atoms with van der Waals surface area (Å²) in [4.78, 5) is 23.1. The molecule has 98 valence electrons. The third kappa shape index (κ3) is 3.48. The molecule has 1 aromatic carbocycles. The molecule has 0 aromatic heterocycles. The normalized spacial score (nSPS) is 12.8. The van der Waals surface area contributed by atoms with Crippen LogP contribution in [0.3, 0.4) is 0 Å². The maximum atomic E-state index is 11.9. The number of carboxylic acid groups (broad SMARTS) is 1. The zero-order valence-corrected chi connectivity index (χ0v) is 10.7. The second kappa shape index (κ2) is 5.08. The summed E-state index contributed by atoms with van der Waals surface area (Å²) in [5.74, 6) is -1.50. The third-order valence-electron chi connectivity index (χ3n) is 2.54. The van der Waals surface area contributed by atoms with E-state index < -0.39 is 23.3 Å². The number of nitrogens with one attached hydrogen (secondary N) is 1. The first kappa shape index (κ1) is 14.0. The topological polar surface area (TPSA) is 92.4 Å². The van der Waals surface area contributed by atoms with E-state index >= 15 is 0 Å². The summed E-state index contributed by atoms with van der Waals surface area (Å²) < 4.78 is 0. The molecule has 0 saturated carbocycles. The Kier molecular flexibility index (Phi) is 3.96. The minimum Gasteiger partial charge on any atom is -0.480 e. The van der Waals surface area contributed by atoms with Gasteiger partial charge in [0.2, 0.25) is 0 Å². The number of carbonyl (C=O) groups is 2. The van der Waals surface area contributed by atoms with Crippen LogP contribution in [0.1, 0.15) is 31.1 Å². The van der Waals surface area contributed by atoms with Crippen molar-refractivity contribution in [2.75, 3.05) is 5.73 Å². The monoisotopic (exact) mass is 250 g/mol. The quantitative estimate of drug-likeness (QED) is 0.709. The number of carbonyl (C=O) groups excluding carboxylic acids is 1. The van der Waals surface area contributed by atoms with Crippen LogP contribution in [0.15, 0.2) is 24.3 Å². The van der Waals surface area contributed by atoms with Gasteiger partial charge >= 0.3 is 5.97 Å². The molecule has 5 heteroatoms. The highest BCUT2D eigenvalue weighted by Crippen LogP contribution is 2.20. The molecular formula is C13H18N2O3. The molecule has 0 bridgehead atoms. The lowest BCUT2D eigenvalue weighted by molar-refractivity contribution is -0.142. The van der Waals surface area contributed by atoms with Gasteiger partial charge in [0.05, 0.1) is 0 Å². The maximum Gasteiger partial charge on any atom is 0.326 e. The van der Waals surface area contributed by atoms with Gasteiger partial charge in [-0.2, -0.15) is 0 Å². The fraction of sp³-hybridized carbons (Fsp3) is 0.385. The average molecular weight is 250 g/mol. The molecule has 1 amide bonds. The second-order valence-corrected chi connectivity index (χ2v) is 5.24. The lowest BCUT2D eigenvalue weighted by Crippen LogP contribution is -2.49. The number of hydrogen-bond donors (Lipinski definition) is 3. The van der Waals surface area contributed by atoms with Gasteiger partial charge in [-0.3, -0.25) is 4.79 Å². The van der Waals surface area contributed by atoms with Crippen LogP contribution in [0.2, 0.25) is 0 Å². The van der Waals surface area contributed by atoms with Crippen molar-refractivity contribution >= 4 is 17.6 Å². The van der Waals surface area contributed by atoms with Crippen molar-refractivity contribution < 1.29 is 14.7 Å². The number of carboxylic acids is 1. The Morgan fingerprint density at radius 1 is 1.33 bits per heavy atom. The summed E-state index contributed by atoms with van der Waals surface area (Å²) in [6, 6.07) is 5.46. The van der Waals surface area contributed by atoms with Gasteiger partial charge in [0.25, 0.3) is 5.91 Å². The minimum atomic E-state index is -1.06. The van der Waals surface area contributed by atoms with E-state index in [9.17, 15) is 9.59 Å². The molecule has 0 aliphatic carbocycles. The van der Waals surface area contributed by atoms with Gasteiger partial charge in [-0.05, 0) is 23.6 Å². The lowest BCUT2D eigenvalue weighted by Gasteiger charge is -2.27. The molecule has 5 nitrogen and oxygen atoms in total. The van der Waals surface area contributed by atoms with Gasteiger partial charge < -0.3 is 16.2 Å². The standard InChI is InChI=1S/C13H18N2O3/c1-13(2,3)10(12(17)18)15-11(16)8-5-4-6-9(14)7-8/h4-7,10H,14H2,1-3H3,(H,15,16)(H,17,18). The fourth-order valence-corrected chi connectivity index (χ4v) is 1.54. The first-order valence-corrected chi connectivity index (χ1v) is 5.61. The number of nitrogen functional groups attached to an aromatic ring is 1. The summed E-state index contributed by atoms with van der Waals surface area (Å²) in [6.45, 7) is 5.27. The van der Waals surface area contributed by atoms with Crippen molar-refractivity contribution in [3.63, 3.8) is 0 Å². The Morgan fingerprint density at radius 3 is 2.39 bits per heavy atom. The van der Waals surface area contributed by atoms with Gasteiger partial charge in [-0.1, -0.05) is 26.8 Å². The van der Waals surface area contributed by atoms with Crippen LogP contribution in [-0.2, 0) is 4.79 Å². The van der Waals surface area contributed by atoms with E-state index in [1.165, 1.54) is 6.07 Å². The first-order chi connectivity index (χ1) is 8.21. The molecule has 1 aromatic rings. The fourth-order valence-electron chi connectivity index (χ4n) is 1.54. The average Bonchev–Trinajstić information content (AvgIpc) is 2.23. The van der Waals surface area contributed by atoms with E-state index in [2.05, 4.69) is 5.32 Å². The van der Waals surface area contributed by atoms with E-state index in [0.717, 1.165) is 0 Å². The minimum absolute atomic E-state index is 0.352. The van der Waals surface area contributed by atoms with Crippen molar-refractivity contribution in [1.82, 2.24) is 5.32 Å². The van der Waals surface area contributed by atoms with Crippen LogP contribution in [0.25, 0.3) is 0 Å². The van der Waals surface area contributed by atoms with Gasteiger partial charge in [0.15, 0.2) is 0 Å². The summed E-state index contributed by atoms with van der Waals surface area (Å²) >= 11 is 0. The van der Waals surface area contributed by atoms with Crippen LogP contribution < -0.4 is 11.1 Å². The van der Waals surface area contributed by atoms with Crippen LogP contribution in [0.4, 0.5) is 5.69 Å². The number of hydrogen-bond acceptors (Lipinski definition) is 3. The molecule has 1 atom stereocenters. The smallest absolute Gasteiger partial charge is 0.326 e. The van der Waals surface area contributed by atoms with E-state index in [4.69, 9.17) is 10.8 Å². The van der Waals surface area contributed by atoms with Crippen molar-refractivity contribution in [3.05, 3.63) is 29.8 Å². The van der Waals surface area contributed by atoms with Crippen molar-refractivity contribution in [2.24, 2.45) is 5.41 Å². The van der Waals surface area contributed by atoms with E-state index in [-0.39, 0.29) is 0 Å². The molecule has 4 N–H and O–H groups in total. The zero-order chi connectivity index (χ0) is 13.9. The molecule has 0 aliphatic rings. The number of nitrogens with two attached hydrogens (primary N) is 1. The van der Waals surface area contributed by atoms with Crippen LogP contribution in [0.5, 0.6) is 0 Å². The molecule has 0 heterocycles. The van der Waals surface area contributed by atoms with Crippen LogP contribution in [-0.4, -0.2) is 23.0 Å². The number of anilines is 1. The summed E-state index contributed by atoms with van der Waals surface area (Å²) in [7, 11) is 0. The van der Waals surface area contributed by atoms with E-state index in [1.807, 2.05) is 0 Å². The van der Waals surface area contributed by atoms with Gasteiger partial charge in [-0.25, -0.2) is 4.79 Å². The predicted molar refractivity (Wildman–Crippen MR) is 69.2 cm³/mol. The van der Waals surface area contributed by atoms with Gasteiger partial charge in [0, 0.05) is 11.3 Å². The highest BCUT2D eigenvalue weighted by Gasteiger charge is 2.32. The lowest BCUT2D eigenvalue weighted by atomic mass is 9.86. The largest absolute Gasteiger partial charge is 0.480 e. The van der Waals surface area contributed by atoms with Gasteiger partial charge in [-0.15, -0.1) is 0 Å². The van der Waals surface area contributed by atoms with Crippen LogP contribution >= 0.6 is 0 Å². The Morgan fingerprint density at radius 2 is 1.94 bits per heavy atom. The molecule has 0 spiro atoms. The number of rotatable bonds is 3. The van der Waals surface area contributed by atoms with Crippen LogP contribution in [0, 0.1) is 5.41 Å². The molecule has 1 rings (SSSR count). The molecule has 1 unspecified atom stereocenters. The van der Waals surface area contributed by atoms with Gasteiger partial charge in [0.1, 0.15) is 6.04 Å². The molecule has 0 fully saturated rings. The number of amides is 1. The molecule has 18 heavy (non-hydrogen) atoms. The SMILES string of the molecule is CC(C)(C)C(NC(=O)c1cccc(N)c1)C(=O)O. The summed E-state index contributed by atoms with van der Waals surface area (Å²) in [5.41, 5.74) is 5.82. The molecule has 0 saturated heterocycles. The molecule has 0 aliphatic heterocycles. The Bertz CT molecular complexity index is 464. The highest BCUT2D eigenvalue weighted by molar-refractivity contribution is 5.97. The maximum absolute atomic E-state index is 11.9. The third-order valence-corrected chi connectivity index (χ3v) is 2.54. The molecule has 0 radical (unpaired) electrons. The van der Waals surface area contributed by atoms with Crippen molar-refractivity contribution in [2.45, 2.75) is 26.8 Å². The Balaban J connectivity index is 2.89. The second-order valence-electron chi connectivity index (χ2n) is 5.24. The van der Waals surface area contributed by atoms with E-state index in [1.54, 1.807) is 39.0 Å². The Hall–Kier alpha value is -2.04. The number of aliphatic carboxylic acids is 1. The van der Waals surface area contributed by atoms with E-state index in [0.29, 0.717) is 11.3 Å². The summed E-state index contributed by atoms with van der Waals surface area (Å²) in [6.07, 6.45) is 0. The molecular weight excluding hydrogens is 232 g/mol. The number of benzene rings is 1. The first-order valence-electron chi connectivity index (χ1n) is 5.61. The van der Waals surface area contributed by atoms with Crippen molar-refractivity contribution in [3.8, 4) is 0 Å². The zero-order valence-electron chi connectivity index (χ0n) is 10.7.